The molecule has 0 unspecified atom stereocenters. The molecule has 0 atom stereocenters. The van der Waals surface area contributed by atoms with Crippen LogP contribution in [0.2, 0.25) is 0 Å². The fourth-order valence-electron chi connectivity index (χ4n) is 3.11. The Balaban J connectivity index is 1.84. The second-order valence-electron chi connectivity index (χ2n) is 4.67. The lowest BCUT2D eigenvalue weighted by Crippen LogP contribution is -2.61. The molecule has 6 rings (SSSR count). The number of rotatable bonds is 0. The Bertz CT molecular complexity index is 152. The van der Waals surface area contributed by atoms with Crippen molar-refractivity contribution in [3.05, 3.63) is 0 Å². The average molecular weight is 152 g/mol. The van der Waals surface area contributed by atoms with E-state index in [1.54, 1.807) is 0 Å². The van der Waals surface area contributed by atoms with Gasteiger partial charge in [-0.25, -0.2) is 0 Å². The van der Waals surface area contributed by atoms with E-state index in [2.05, 4.69) is 10.9 Å². The minimum atomic E-state index is 0.784. The van der Waals surface area contributed by atoms with E-state index in [1.807, 2.05) is 0 Å². The second kappa shape index (κ2) is 1.99. The van der Waals surface area contributed by atoms with Gasteiger partial charge in [0.25, 0.3) is 0 Å². The molecule has 2 heteroatoms. The van der Waals surface area contributed by atoms with Crippen LogP contribution in [-0.2, 0) is 0 Å². The van der Waals surface area contributed by atoms with Crippen LogP contribution in [0, 0.1) is 5.41 Å². The van der Waals surface area contributed by atoms with E-state index in [0.717, 1.165) is 17.5 Å². The number of hydrogen-bond donors (Lipinski definition) is 2. The molecule has 0 aromatic rings. The van der Waals surface area contributed by atoms with Gasteiger partial charge in [-0.15, -0.1) is 0 Å². The van der Waals surface area contributed by atoms with Crippen molar-refractivity contribution in [1.29, 1.82) is 0 Å². The highest BCUT2D eigenvalue weighted by Crippen LogP contribution is 2.52. The highest BCUT2D eigenvalue weighted by Gasteiger charge is 2.47. The molecule has 2 nitrogen and oxygen atoms in total. The fourth-order valence-corrected chi connectivity index (χ4v) is 3.11. The molecular formula is C9H16N2. The van der Waals surface area contributed by atoms with E-state index in [9.17, 15) is 0 Å². The highest BCUT2D eigenvalue weighted by molar-refractivity contribution is 5.02. The largest absolute Gasteiger partial charge is 0.255 e. The van der Waals surface area contributed by atoms with E-state index in [-0.39, 0.29) is 0 Å². The lowest BCUT2D eigenvalue weighted by atomic mass is 9.57. The van der Waals surface area contributed by atoms with Crippen LogP contribution < -0.4 is 10.9 Å². The van der Waals surface area contributed by atoms with Crippen molar-refractivity contribution in [2.75, 3.05) is 0 Å². The maximum Gasteiger partial charge on any atom is 0.0223 e. The first-order valence-corrected chi connectivity index (χ1v) is 4.87. The first kappa shape index (κ1) is 6.44. The Labute approximate surface area is 67.7 Å². The highest BCUT2D eigenvalue weighted by atomic mass is 15.4. The van der Waals surface area contributed by atoms with Crippen molar-refractivity contribution < 1.29 is 0 Å². The van der Waals surface area contributed by atoms with Gasteiger partial charge in [0.1, 0.15) is 0 Å². The Hall–Kier alpha value is -0.0800. The zero-order valence-electron chi connectivity index (χ0n) is 6.90. The van der Waals surface area contributed by atoms with Crippen molar-refractivity contribution in [3.8, 4) is 0 Å². The predicted octanol–water partition coefficient (Wildman–Crippen LogP) is 1.19. The Morgan fingerprint density at radius 3 is 2.27 bits per heavy atom. The quantitative estimate of drug-likeness (QED) is 0.545. The van der Waals surface area contributed by atoms with Crippen LogP contribution in [0.15, 0.2) is 0 Å². The standard InChI is InChI=1S/C9H16N2/c1-3-9-4-2-7(1)10-11-8(5-9)6-9/h7-8,10-11H,1-6H2. The summed E-state index contributed by atoms with van der Waals surface area (Å²) in [5, 5.41) is 0. The van der Waals surface area contributed by atoms with Gasteiger partial charge in [-0.1, -0.05) is 0 Å². The molecule has 11 heavy (non-hydrogen) atoms. The summed E-state index contributed by atoms with van der Waals surface area (Å²) >= 11 is 0. The van der Waals surface area contributed by atoms with Crippen molar-refractivity contribution in [2.24, 2.45) is 5.41 Å². The van der Waals surface area contributed by atoms with Gasteiger partial charge in [0.05, 0.1) is 0 Å². The van der Waals surface area contributed by atoms with Gasteiger partial charge >= 0.3 is 0 Å². The molecule has 0 radical (unpaired) electrons. The summed E-state index contributed by atoms with van der Waals surface area (Å²) in [4.78, 5) is 0. The molecule has 2 N–H and O–H groups in total. The molecule has 4 aliphatic heterocycles. The molecule has 0 aromatic carbocycles. The van der Waals surface area contributed by atoms with Crippen molar-refractivity contribution >= 4 is 0 Å². The normalized spacial score (nSPS) is 54.5. The van der Waals surface area contributed by atoms with Crippen molar-refractivity contribution in [3.63, 3.8) is 0 Å². The zero-order chi connectivity index (χ0) is 7.31. The monoisotopic (exact) mass is 152 g/mol. The van der Waals surface area contributed by atoms with Crippen LogP contribution in [0.1, 0.15) is 38.5 Å². The van der Waals surface area contributed by atoms with Crippen molar-refractivity contribution in [2.45, 2.75) is 50.6 Å². The van der Waals surface area contributed by atoms with E-state index < -0.39 is 0 Å². The lowest BCUT2D eigenvalue weighted by Gasteiger charge is -2.55. The first-order valence-electron chi connectivity index (χ1n) is 4.87. The molecule has 0 aromatic heterocycles. The van der Waals surface area contributed by atoms with E-state index in [0.29, 0.717) is 0 Å². The predicted molar refractivity (Wildman–Crippen MR) is 44.0 cm³/mol. The van der Waals surface area contributed by atoms with E-state index in [1.165, 1.54) is 38.5 Å². The van der Waals surface area contributed by atoms with Crippen LogP contribution in [0.4, 0.5) is 0 Å². The van der Waals surface area contributed by atoms with Crippen LogP contribution in [-0.4, -0.2) is 12.1 Å². The molecule has 2 aliphatic carbocycles. The topological polar surface area (TPSA) is 24.1 Å². The van der Waals surface area contributed by atoms with E-state index >= 15 is 0 Å². The van der Waals surface area contributed by atoms with Gasteiger partial charge in [0.2, 0.25) is 0 Å². The molecule has 6 fully saturated rings. The number of nitrogens with one attached hydrogen (secondary N) is 2. The summed E-state index contributed by atoms with van der Waals surface area (Å²) in [6, 6.07) is 1.59. The van der Waals surface area contributed by atoms with Crippen molar-refractivity contribution in [1.82, 2.24) is 10.9 Å². The summed E-state index contributed by atoms with van der Waals surface area (Å²) in [7, 11) is 0. The first-order chi connectivity index (χ1) is 5.36. The summed E-state index contributed by atoms with van der Waals surface area (Å²) in [5.41, 5.74) is 7.67. The summed E-state index contributed by atoms with van der Waals surface area (Å²) in [6.07, 6.45) is 8.66. The van der Waals surface area contributed by atoms with Gasteiger partial charge in [-0.2, -0.15) is 0 Å². The minimum absolute atomic E-state index is 0.784. The molecule has 0 amide bonds. The molecule has 3 bridgehead atoms. The van der Waals surface area contributed by atoms with Gasteiger partial charge in [0, 0.05) is 12.1 Å². The van der Waals surface area contributed by atoms with Gasteiger partial charge in [-0.05, 0) is 43.9 Å². The third-order valence-corrected chi connectivity index (χ3v) is 3.90. The maximum atomic E-state index is 3.44. The van der Waals surface area contributed by atoms with Crippen LogP contribution in [0.25, 0.3) is 0 Å². The van der Waals surface area contributed by atoms with Gasteiger partial charge in [-0.3, -0.25) is 10.9 Å². The summed E-state index contributed by atoms with van der Waals surface area (Å²) in [6.45, 7) is 0. The lowest BCUT2D eigenvalue weighted by molar-refractivity contribution is -0.00962. The molecule has 1 spiro atoms. The number of hydrazine groups is 1. The molecular weight excluding hydrogens is 136 g/mol. The zero-order valence-corrected chi connectivity index (χ0v) is 6.90. The van der Waals surface area contributed by atoms with Gasteiger partial charge in [0.15, 0.2) is 0 Å². The van der Waals surface area contributed by atoms with Crippen LogP contribution >= 0.6 is 0 Å². The summed E-state index contributed by atoms with van der Waals surface area (Å²) < 4.78 is 0. The van der Waals surface area contributed by atoms with Crippen LogP contribution in [0.3, 0.4) is 0 Å². The number of hydrogen-bond acceptors (Lipinski definition) is 2. The average Bonchev–Trinajstić information content (AvgIpc) is 1.86. The summed E-state index contributed by atoms with van der Waals surface area (Å²) in [5.74, 6) is 0. The van der Waals surface area contributed by atoms with Gasteiger partial charge < -0.3 is 0 Å². The minimum Gasteiger partial charge on any atom is -0.255 e. The molecule has 6 aliphatic rings. The molecule has 4 heterocycles. The molecule has 4 saturated heterocycles. The van der Waals surface area contributed by atoms with E-state index in [4.69, 9.17) is 0 Å². The maximum absolute atomic E-state index is 3.44. The molecule has 62 valence electrons. The third kappa shape index (κ3) is 0.859. The Morgan fingerprint density at radius 1 is 0.909 bits per heavy atom. The fraction of sp³-hybridized carbons (Fsp3) is 1.00. The Kier molecular flexibility index (Phi) is 1.16. The second-order valence-corrected chi connectivity index (χ2v) is 4.67. The molecule has 2 saturated carbocycles. The smallest absolute Gasteiger partial charge is 0.0223 e. The third-order valence-electron chi connectivity index (χ3n) is 3.90. The SMILES string of the molecule is C1CC23CCC1NNC(C2)C3. The Morgan fingerprint density at radius 2 is 1.55 bits per heavy atom. The van der Waals surface area contributed by atoms with Crippen LogP contribution in [0.5, 0.6) is 0 Å².